The molecule has 0 spiro atoms. The van der Waals surface area contributed by atoms with Crippen molar-refractivity contribution >= 4 is 21.7 Å². The zero-order chi connectivity index (χ0) is 12.8. The minimum absolute atomic E-state index is 0.175. The zero-order valence-electron chi connectivity index (χ0n) is 10.8. The predicted molar refractivity (Wildman–Crippen MR) is 79.5 cm³/mol. The van der Waals surface area contributed by atoms with Crippen molar-refractivity contribution in [3.05, 3.63) is 35.4 Å². The van der Waals surface area contributed by atoms with Crippen LogP contribution in [0.1, 0.15) is 54.4 Å². The highest BCUT2D eigenvalue weighted by molar-refractivity contribution is 9.09. The summed E-state index contributed by atoms with van der Waals surface area (Å²) in [6, 6.07) is 8.13. The lowest BCUT2D eigenvalue weighted by Crippen LogP contribution is -2.07. The summed E-state index contributed by atoms with van der Waals surface area (Å²) in [4.78, 5) is 11.6. The van der Waals surface area contributed by atoms with Gasteiger partial charge in [-0.1, -0.05) is 66.2 Å². The van der Waals surface area contributed by atoms with E-state index >= 15 is 0 Å². The van der Waals surface area contributed by atoms with E-state index in [0.29, 0.717) is 5.33 Å². The van der Waals surface area contributed by atoms with E-state index in [9.17, 15) is 4.79 Å². The number of carbonyl (C=O) groups excluding carboxylic acids is 1. The van der Waals surface area contributed by atoms with Crippen LogP contribution in [0.25, 0.3) is 0 Å². The number of aryl methyl sites for hydroxylation is 1. The van der Waals surface area contributed by atoms with Gasteiger partial charge in [0.25, 0.3) is 0 Å². The largest absolute Gasteiger partial charge is 0.293 e. The molecule has 1 aromatic rings. The number of carbonyl (C=O) groups is 1. The first-order chi connectivity index (χ1) is 8.79. The first-order valence-corrected chi connectivity index (χ1v) is 8.10. The molecule has 0 unspecified atom stereocenters. The smallest absolute Gasteiger partial charge is 0.173 e. The molecule has 1 aliphatic rings. The van der Waals surface area contributed by atoms with E-state index in [1.807, 2.05) is 12.1 Å². The molecule has 1 nitrogen and oxygen atoms in total. The second-order valence-corrected chi connectivity index (χ2v) is 5.86. The van der Waals surface area contributed by atoms with E-state index in [-0.39, 0.29) is 5.78 Å². The van der Waals surface area contributed by atoms with Gasteiger partial charge < -0.3 is 0 Å². The van der Waals surface area contributed by atoms with E-state index in [1.54, 1.807) is 0 Å². The fourth-order valence-corrected chi connectivity index (χ4v) is 3.15. The molecular formula is C16H21BrO. The van der Waals surface area contributed by atoms with E-state index in [2.05, 4.69) is 28.1 Å². The first-order valence-electron chi connectivity index (χ1n) is 6.97. The quantitative estimate of drug-likeness (QED) is 0.565. The minimum atomic E-state index is 0.175. The maximum absolute atomic E-state index is 11.6. The molecule has 0 aliphatic heterocycles. The molecule has 1 aliphatic carbocycles. The summed E-state index contributed by atoms with van der Waals surface area (Å²) < 4.78 is 0. The van der Waals surface area contributed by atoms with Crippen LogP contribution >= 0.6 is 15.9 Å². The summed E-state index contributed by atoms with van der Waals surface area (Å²) in [6.07, 6.45) is 9.45. The average molecular weight is 309 g/mol. The zero-order valence-corrected chi connectivity index (χ0v) is 12.4. The van der Waals surface area contributed by atoms with Crippen molar-refractivity contribution in [1.29, 1.82) is 0 Å². The van der Waals surface area contributed by atoms with Gasteiger partial charge in [0.15, 0.2) is 5.78 Å². The van der Waals surface area contributed by atoms with Crippen LogP contribution in [0, 0.1) is 5.92 Å². The highest BCUT2D eigenvalue weighted by Crippen LogP contribution is 2.27. The number of Topliss-reactive ketones (excluding diaryl/α,β-unsaturated/α-hetero) is 1. The van der Waals surface area contributed by atoms with Crippen LogP contribution in [0.3, 0.4) is 0 Å². The molecular weight excluding hydrogens is 288 g/mol. The summed E-state index contributed by atoms with van der Waals surface area (Å²) in [5.41, 5.74) is 2.15. The lowest BCUT2D eigenvalue weighted by molar-refractivity contribution is 0.102. The second-order valence-electron chi connectivity index (χ2n) is 5.30. The lowest BCUT2D eigenvalue weighted by atomic mass is 9.85. The molecule has 0 amide bonds. The Labute approximate surface area is 118 Å². The van der Waals surface area contributed by atoms with Gasteiger partial charge in [-0.15, -0.1) is 0 Å². The Bertz CT molecular complexity index is 394. The predicted octanol–water partition coefficient (Wildman–Crippen LogP) is 4.78. The lowest BCUT2D eigenvalue weighted by Gasteiger charge is -2.21. The molecule has 1 saturated carbocycles. The van der Waals surface area contributed by atoms with E-state index in [4.69, 9.17) is 0 Å². The van der Waals surface area contributed by atoms with Gasteiger partial charge in [-0.2, -0.15) is 0 Å². The monoisotopic (exact) mass is 308 g/mol. The molecule has 0 N–H and O–H groups in total. The molecule has 0 atom stereocenters. The van der Waals surface area contributed by atoms with Gasteiger partial charge in [0, 0.05) is 5.56 Å². The molecule has 1 fully saturated rings. The second kappa shape index (κ2) is 7.08. The van der Waals surface area contributed by atoms with Gasteiger partial charge in [-0.25, -0.2) is 0 Å². The molecule has 0 radical (unpaired) electrons. The molecule has 0 bridgehead atoms. The van der Waals surface area contributed by atoms with Crippen molar-refractivity contribution in [1.82, 2.24) is 0 Å². The normalized spacial score (nSPS) is 16.7. The Morgan fingerprint density at radius 1 is 1.22 bits per heavy atom. The summed E-state index contributed by atoms with van der Waals surface area (Å²) in [7, 11) is 0. The Hall–Kier alpha value is -0.630. The Morgan fingerprint density at radius 2 is 2.00 bits per heavy atom. The third kappa shape index (κ3) is 3.94. The molecule has 2 rings (SSSR count). The van der Waals surface area contributed by atoms with Gasteiger partial charge in [-0.3, -0.25) is 4.79 Å². The van der Waals surface area contributed by atoms with Crippen LogP contribution in [0.4, 0.5) is 0 Å². The van der Waals surface area contributed by atoms with Gasteiger partial charge in [-0.05, 0) is 30.4 Å². The summed E-state index contributed by atoms with van der Waals surface area (Å²) in [5, 5.41) is 0.416. The van der Waals surface area contributed by atoms with Gasteiger partial charge >= 0.3 is 0 Å². The van der Waals surface area contributed by atoms with E-state index in [0.717, 1.165) is 17.9 Å². The minimum Gasteiger partial charge on any atom is -0.293 e. The van der Waals surface area contributed by atoms with Crippen molar-refractivity contribution in [2.45, 2.75) is 44.9 Å². The van der Waals surface area contributed by atoms with Crippen molar-refractivity contribution < 1.29 is 4.79 Å². The SMILES string of the molecule is O=C(CBr)c1cccc(CCC2CCCCC2)c1. The molecule has 0 saturated heterocycles. The Morgan fingerprint density at radius 3 is 2.72 bits per heavy atom. The number of rotatable bonds is 5. The van der Waals surface area contributed by atoms with Crippen molar-refractivity contribution in [3.63, 3.8) is 0 Å². The average Bonchev–Trinajstić information content (AvgIpc) is 2.45. The summed E-state index contributed by atoms with van der Waals surface area (Å²) >= 11 is 3.23. The van der Waals surface area contributed by atoms with Crippen LogP contribution < -0.4 is 0 Å². The number of halogens is 1. The van der Waals surface area contributed by atoms with Crippen molar-refractivity contribution in [3.8, 4) is 0 Å². The van der Waals surface area contributed by atoms with Crippen LogP contribution in [-0.4, -0.2) is 11.1 Å². The number of ketones is 1. The molecule has 0 heterocycles. The first kappa shape index (κ1) is 13.8. The fraction of sp³-hybridized carbons (Fsp3) is 0.562. The Kier molecular flexibility index (Phi) is 5.43. The van der Waals surface area contributed by atoms with Crippen LogP contribution in [0.5, 0.6) is 0 Å². The highest BCUT2D eigenvalue weighted by atomic mass is 79.9. The third-order valence-electron chi connectivity index (χ3n) is 3.94. The summed E-state index contributed by atoms with van der Waals surface area (Å²) in [5.74, 6) is 1.09. The molecule has 2 heteroatoms. The van der Waals surface area contributed by atoms with Crippen LogP contribution in [-0.2, 0) is 6.42 Å². The Balaban J connectivity index is 1.90. The number of hydrogen-bond acceptors (Lipinski definition) is 1. The van der Waals surface area contributed by atoms with Gasteiger partial charge in [0.2, 0.25) is 0 Å². The van der Waals surface area contributed by atoms with Crippen molar-refractivity contribution in [2.75, 3.05) is 5.33 Å². The van der Waals surface area contributed by atoms with Crippen LogP contribution in [0.15, 0.2) is 24.3 Å². The topological polar surface area (TPSA) is 17.1 Å². The third-order valence-corrected chi connectivity index (χ3v) is 4.45. The van der Waals surface area contributed by atoms with Crippen molar-refractivity contribution in [2.24, 2.45) is 5.92 Å². The standard InChI is InChI=1S/C16H21BrO/c17-12-16(18)15-8-4-7-14(11-15)10-9-13-5-2-1-3-6-13/h4,7-8,11,13H,1-3,5-6,9-10,12H2. The maximum Gasteiger partial charge on any atom is 0.173 e. The fourth-order valence-electron chi connectivity index (χ4n) is 2.82. The number of benzene rings is 1. The van der Waals surface area contributed by atoms with E-state index < -0.39 is 0 Å². The van der Waals surface area contributed by atoms with E-state index in [1.165, 1.54) is 44.1 Å². The molecule has 98 valence electrons. The molecule has 0 aromatic heterocycles. The maximum atomic E-state index is 11.6. The van der Waals surface area contributed by atoms with Gasteiger partial charge in [0.05, 0.1) is 5.33 Å². The van der Waals surface area contributed by atoms with Gasteiger partial charge in [0.1, 0.15) is 0 Å². The van der Waals surface area contributed by atoms with Crippen LogP contribution in [0.2, 0.25) is 0 Å². The molecule has 18 heavy (non-hydrogen) atoms. The number of hydrogen-bond donors (Lipinski definition) is 0. The highest BCUT2D eigenvalue weighted by Gasteiger charge is 2.13. The summed E-state index contributed by atoms with van der Waals surface area (Å²) in [6.45, 7) is 0. The molecule has 1 aromatic carbocycles. The number of alkyl halides is 1.